The fraction of sp³-hybridized carbons (Fsp3) is 0.647. The van der Waals surface area contributed by atoms with Crippen LogP contribution in [0.3, 0.4) is 0 Å². The Labute approximate surface area is 128 Å². The Morgan fingerprint density at radius 2 is 2.10 bits per heavy atom. The third-order valence-corrected chi connectivity index (χ3v) is 4.55. The second-order valence-corrected chi connectivity index (χ2v) is 5.79. The standard InChI is InChI=1S/C17H29N3O/c1-5-19(6-2)14-10-11-20(12-14)15-8-7-9-16(21-4)17(15)13(3)18/h7-9,13-14H,5-6,10-12,18H2,1-4H3/t13-,14?/m1/s1. The Morgan fingerprint density at radius 3 is 2.67 bits per heavy atom. The van der Waals surface area contributed by atoms with Crippen molar-refractivity contribution in [2.45, 2.75) is 39.3 Å². The van der Waals surface area contributed by atoms with Crippen molar-refractivity contribution in [3.63, 3.8) is 0 Å². The lowest BCUT2D eigenvalue weighted by atomic mass is 10.0. The summed E-state index contributed by atoms with van der Waals surface area (Å²) < 4.78 is 5.51. The highest BCUT2D eigenvalue weighted by Crippen LogP contribution is 2.35. The van der Waals surface area contributed by atoms with Crippen LogP contribution in [0.1, 0.15) is 38.8 Å². The molecule has 2 atom stereocenters. The normalized spacial score (nSPS) is 20.1. The van der Waals surface area contributed by atoms with Crippen LogP contribution >= 0.6 is 0 Å². The molecule has 21 heavy (non-hydrogen) atoms. The SMILES string of the molecule is CCN(CC)C1CCN(c2cccc(OC)c2[C@@H](C)N)C1. The largest absolute Gasteiger partial charge is 0.496 e. The van der Waals surface area contributed by atoms with Gasteiger partial charge in [0.25, 0.3) is 0 Å². The van der Waals surface area contributed by atoms with E-state index in [1.165, 1.54) is 12.1 Å². The maximum absolute atomic E-state index is 6.19. The van der Waals surface area contributed by atoms with E-state index in [0.29, 0.717) is 6.04 Å². The highest BCUT2D eigenvalue weighted by molar-refractivity contribution is 5.61. The molecule has 1 aliphatic heterocycles. The zero-order valence-electron chi connectivity index (χ0n) is 13.8. The van der Waals surface area contributed by atoms with Gasteiger partial charge in [-0.2, -0.15) is 0 Å². The van der Waals surface area contributed by atoms with E-state index < -0.39 is 0 Å². The molecule has 4 nitrogen and oxygen atoms in total. The van der Waals surface area contributed by atoms with Gasteiger partial charge in [-0.25, -0.2) is 0 Å². The number of rotatable bonds is 6. The van der Waals surface area contributed by atoms with Gasteiger partial charge in [0, 0.05) is 36.4 Å². The van der Waals surface area contributed by atoms with Crippen molar-refractivity contribution in [1.29, 1.82) is 0 Å². The number of methoxy groups -OCH3 is 1. The number of hydrogen-bond acceptors (Lipinski definition) is 4. The number of anilines is 1. The van der Waals surface area contributed by atoms with Crippen molar-refractivity contribution in [2.75, 3.05) is 38.2 Å². The van der Waals surface area contributed by atoms with Crippen LogP contribution in [0.15, 0.2) is 18.2 Å². The number of nitrogens with two attached hydrogens (primary N) is 1. The fourth-order valence-corrected chi connectivity index (χ4v) is 3.44. The summed E-state index contributed by atoms with van der Waals surface area (Å²) in [7, 11) is 1.72. The Balaban J connectivity index is 2.24. The second-order valence-electron chi connectivity index (χ2n) is 5.79. The maximum Gasteiger partial charge on any atom is 0.125 e. The lowest BCUT2D eigenvalue weighted by Gasteiger charge is -2.28. The Kier molecular flexibility index (Phi) is 5.48. The Morgan fingerprint density at radius 1 is 1.38 bits per heavy atom. The summed E-state index contributed by atoms with van der Waals surface area (Å²) in [5.41, 5.74) is 8.55. The highest BCUT2D eigenvalue weighted by atomic mass is 16.5. The van der Waals surface area contributed by atoms with Crippen molar-refractivity contribution in [2.24, 2.45) is 5.73 Å². The summed E-state index contributed by atoms with van der Waals surface area (Å²) >= 11 is 0. The molecule has 0 bridgehead atoms. The molecule has 1 aromatic carbocycles. The zero-order chi connectivity index (χ0) is 15.4. The van der Waals surface area contributed by atoms with Crippen LogP contribution in [-0.4, -0.2) is 44.2 Å². The number of likely N-dealkylation sites (N-methyl/N-ethyl adjacent to an activating group) is 1. The van der Waals surface area contributed by atoms with E-state index in [1.54, 1.807) is 7.11 Å². The van der Waals surface area contributed by atoms with Gasteiger partial charge in [-0.3, -0.25) is 4.90 Å². The first kappa shape index (κ1) is 16.1. The van der Waals surface area contributed by atoms with Gasteiger partial charge in [0.15, 0.2) is 0 Å². The first-order valence-electron chi connectivity index (χ1n) is 8.03. The molecule has 1 unspecified atom stereocenters. The molecular weight excluding hydrogens is 262 g/mol. The predicted octanol–water partition coefficient (Wildman–Crippen LogP) is 2.64. The highest BCUT2D eigenvalue weighted by Gasteiger charge is 2.28. The first-order chi connectivity index (χ1) is 10.1. The average Bonchev–Trinajstić information content (AvgIpc) is 2.97. The molecule has 0 amide bonds. The summed E-state index contributed by atoms with van der Waals surface area (Å²) in [5, 5.41) is 0. The number of nitrogens with zero attached hydrogens (tertiary/aromatic N) is 2. The maximum atomic E-state index is 6.19. The van der Waals surface area contributed by atoms with Crippen molar-refractivity contribution >= 4 is 5.69 Å². The molecule has 0 radical (unpaired) electrons. The van der Waals surface area contributed by atoms with Crippen molar-refractivity contribution in [3.05, 3.63) is 23.8 Å². The predicted molar refractivity (Wildman–Crippen MR) is 89.1 cm³/mol. The van der Waals surface area contributed by atoms with Crippen LogP contribution in [0.5, 0.6) is 5.75 Å². The van der Waals surface area contributed by atoms with Gasteiger partial charge >= 0.3 is 0 Å². The van der Waals surface area contributed by atoms with E-state index in [-0.39, 0.29) is 6.04 Å². The van der Waals surface area contributed by atoms with Gasteiger partial charge in [0.1, 0.15) is 5.75 Å². The van der Waals surface area contributed by atoms with Gasteiger partial charge < -0.3 is 15.4 Å². The Hall–Kier alpha value is -1.26. The second kappa shape index (κ2) is 7.14. The fourth-order valence-electron chi connectivity index (χ4n) is 3.44. The number of hydrogen-bond donors (Lipinski definition) is 1. The van der Waals surface area contributed by atoms with E-state index in [0.717, 1.165) is 37.5 Å². The summed E-state index contributed by atoms with van der Waals surface area (Å²) in [5.74, 6) is 0.897. The molecule has 0 aliphatic carbocycles. The molecule has 2 rings (SSSR count). The minimum atomic E-state index is -0.0244. The first-order valence-corrected chi connectivity index (χ1v) is 8.03. The van der Waals surface area contributed by atoms with E-state index >= 15 is 0 Å². The lowest BCUT2D eigenvalue weighted by Crippen LogP contribution is -2.37. The third-order valence-electron chi connectivity index (χ3n) is 4.55. The molecule has 1 saturated heterocycles. The van der Waals surface area contributed by atoms with Crippen LogP contribution in [0.4, 0.5) is 5.69 Å². The van der Waals surface area contributed by atoms with Gasteiger partial charge in [0.05, 0.1) is 7.11 Å². The molecule has 1 fully saturated rings. The molecular formula is C17H29N3O. The van der Waals surface area contributed by atoms with Crippen molar-refractivity contribution in [3.8, 4) is 5.75 Å². The minimum absolute atomic E-state index is 0.0244. The molecule has 0 spiro atoms. The third kappa shape index (κ3) is 3.33. The van der Waals surface area contributed by atoms with Gasteiger partial charge in [-0.1, -0.05) is 19.9 Å². The quantitative estimate of drug-likeness (QED) is 0.875. The summed E-state index contributed by atoms with van der Waals surface area (Å²) in [6, 6.07) is 6.85. The number of ether oxygens (including phenoxy) is 1. The summed E-state index contributed by atoms with van der Waals surface area (Å²) in [6.07, 6.45) is 1.22. The summed E-state index contributed by atoms with van der Waals surface area (Å²) in [4.78, 5) is 5.01. The van der Waals surface area contributed by atoms with Crippen LogP contribution in [-0.2, 0) is 0 Å². The molecule has 1 heterocycles. The van der Waals surface area contributed by atoms with Crippen LogP contribution in [0.25, 0.3) is 0 Å². The monoisotopic (exact) mass is 291 g/mol. The zero-order valence-corrected chi connectivity index (χ0v) is 13.8. The molecule has 1 aliphatic rings. The molecule has 1 aromatic rings. The molecule has 118 valence electrons. The van der Waals surface area contributed by atoms with E-state index in [1.807, 2.05) is 13.0 Å². The van der Waals surface area contributed by atoms with Crippen molar-refractivity contribution in [1.82, 2.24) is 4.90 Å². The van der Waals surface area contributed by atoms with Crippen LogP contribution in [0.2, 0.25) is 0 Å². The summed E-state index contributed by atoms with van der Waals surface area (Å²) in [6.45, 7) is 10.9. The van der Waals surface area contributed by atoms with Crippen LogP contribution < -0.4 is 15.4 Å². The van der Waals surface area contributed by atoms with Gasteiger partial charge in [-0.05, 0) is 38.6 Å². The molecule has 2 N–H and O–H groups in total. The lowest BCUT2D eigenvalue weighted by molar-refractivity contribution is 0.232. The molecule has 4 heteroatoms. The van der Waals surface area contributed by atoms with E-state index in [9.17, 15) is 0 Å². The minimum Gasteiger partial charge on any atom is -0.496 e. The topological polar surface area (TPSA) is 41.7 Å². The Bertz CT molecular complexity index is 457. The molecule has 0 aromatic heterocycles. The average molecular weight is 291 g/mol. The van der Waals surface area contributed by atoms with Crippen molar-refractivity contribution < 1.29 is 4.74 Å². The van der Waals surface area contributed by atoms with Gasteiger partial charge in [-0.15, -0.1) is 0 Å². The van der Waals surface area contributed by atoms with Gasteiger partial charge in [0.2, 0.25) is 0 Å². The van der Waals surface area contributed by atoms with E-state index in [2.05, 4.69) is 35.8 Å². The number of benzene rings is 1. The van der Waals surface area contributed by atoms with E-state index in [4.69, 9.17) is 10.5 Å². The smallest absolute Gasteiger partial charge is 0.125 e. The van der Waals surface area contributed by atoms with Crippen LogP contribution in [0, 0.1) is 0 Å². The molecule has 0 saturated carbocycles.